The number of nitro benzene ring substituents is 1. The zero-order chi connectivity index (χ0) is 21.8. The van der Waals surface area contributed by atoms with Crippen molar-refractivity contribution >= 4 is 29.5 Å². The van der Waals surface area contributed by atoms with Crippen molar-refractivity contribution < 1.29 is 28.8 Å². The Morgan fingerprint density at radius 1 is 1.20 bits per heavy atom. The molecule has 0 radical (unpaired) electrons. The average molecular weight is 418 g/mol. The van der Waals surface area contributed by atoms with Gasteiger partial charge >= 0.3 is 6.09 Å². The van der Waals surface area contributed by atoms with Gasteiger partial charge in [-0.2, -0.15) is 0 Å². The number of carbonyl (C=O) groups is 4. The Hall–Kier alpha value is -3.50. The third-order valence-electron chi connectivity index (χ3n) is 5.24. The van der Waals surface area contributed by atoms with Gasteiger partial charge in [0.05, 0.1) is 23.2 Å². The molecule has 1 saturated heterocycles. The van der Waals surface area contributed by atoms with Crippen LogP contribution in [0.25, 0.3) is 0 Å². The summed E-state index contributed by atoms with van der Waals surface area (Å²) in [4.78, 5) is 61.3. The number of piperidine rings is 1. The van der Waals surface area contributed by atoms with E-state index < -0.39 is 16.7 Å². The van der Waals surface area contributed by atoms with Gasteiger partial charge in [-0.25, -0.2) is 4.79 Å². The highest BCUT2D eigenvalue weighted by Crippen LogP contribution is 2.27. The lowest BCUT2D eigenvalue weighted by Crippen LogP contribution is -2.46. The lowest BCUT2D eigenvalue weighted by atomic mass is 10.1. The first kappa shape index (κ1) is 21.2. The van der Waals surface area contributed by atoms with E-state index in [4.69, 9.17) is 0 Å². The molecule has 2 aliphatic rings. The summed E-state index contributed by atoms with van der Waals surface area (Å²) in [6.45, 7) is 1.05. The van der Waals surface area contributed by atoms with Crippen molar-refractivity contribution in [1.29, 1.82) is 0 Å². The maximum Gasteiger partial charge on any atom is 0.409 e. The summed E-state index contributed by atoms with van der Waals surface area (Å²) in [5.41, 5.74) is -0.113. The number of methoxy groups -OCH3 is 1. The van der Waals surface area contributed by atoms with Crippen molar-refractivity contribution in [2.45, 2.75) is 31.7 Å². The number of hydrogen-bond donors (Lipinski definition) is 1. The Labute approximate surface area is 172 Å². The standard InChI is InChI=1S/C19H22N4O7/c1-30-19(27)21-9-6-12(7-10-21)20-16(24)3-2-8-22-17(25)14-5-4-13(23(28)29)11-15(14)18(22)26/h4-5,11-12H,2-3,6-10H2,1H3,(H,20,24). The zero-order valence-electron chi connectivity index (χ0n) is 16.5. The number of nitrogens with zero attached hydrogens (tertiary/aromatic N) is 3. The molecule has 0 unspecified atom stereocenters. The number of likely N-dealkylation sites (tertiary alicyclic amines) is 1. The maximum atomic E-state index is 12.4. The second kappa shape index (κ2) is 8.89. The molecule has 2 heterocycles. The van der Waals surface area contributed by atoms with Gasteiger partial charge in [-0.3, -0.25) is 29.4 Å². The molecule has 160 valence electrons. The molecule has 1 aromatic carbocycles. The number of rotatable bonds is 6. The predicted molar refractivity (Wildman–Crippen MR) is 103 cm³/mol. The molecule has 0 atom stereocenters. The summed E-state index contributed by atoms with van der Waals surface area (Å²) >= 11 is 0. The summed E-state index contributed by atoms with van der Waals surface area (Å²) in [7, 11) is 1.33. The molecule has 0 spiro atoms. The molecule has 4 amide bonds. The van der Waals surface area contributed by atoms with Crippen LogP contribution in [0, 0.1) is 10.1 Å². The van der Waals surface area contributed by atoms with E-state index in [1.54, 1.807) is 4.90 Å². The topological polar surface area (TPSA) is 139 Å². The minimum Gasteiger partial charge on any atom is -0.453 e. The highest BCUT2D eigenvalue weighted by Gasteiger charge is 2.36. The lowest BCUT2D eigenvalue weighted by molar-refractivity contribution is -0.384. The second-order valence-electron chi connectivity index (χ2n) is 7.15. The van der Waals surface area contributed by atoms with Gasteiger partial charge in [0.2, 0.25) is 5.91 Å². The number of fused-ring (bicyclic) bond motifs is 1. The normalized spacial score (nSPS) is 16.4. The molecule has 0 bridgehead atoms. The lowest BCUT2D eigenvalue weighted by Gasteiger charge is -2.31. The summed E-state index contributed by atoms with van der Waals surface area (Å²) in [5.74, 6) is -1.30. The van der Waals surface area contributed by atoms with Gasteiger partial charge in [0, 0.05) is 44.2 Å². The molecular formula is C19H22N4O7. The van der Waals surface area contributed by atoms with Crippen molar-refractivity contribution in [3.05, 3.63) is 39.4 Å². The fourth-order valence-electron chi connectivity index (χ4n) is 3.63. The van der Waals surface area contributed by atoms with Crippen LogP contribution in [-0.4, -0.2) is 71.3 Å². The van der Waals surface area contributed by atoms with E-state index in [1.165, 1.54) is 19.2 Å². The Morgan fingerprint density at radius 2 is 1.87 bits per heavy atom. The van der Waals surface area contributed by atoms with Gasteiger partial charge in [-0.1, -0.05) is 0 Å². The van der Waals surface area contributed by atoms with Crippen molar-refractivity contribution in [2.75, 3.05) is 26.7 Å². The summed E-state index contributed by atoms with van der Waals surface area (Å²) in [6.07, 6.45) is 1.27. The van der Waals surface area contributed by atoms with E-state index in [9.17, 15) is 29.3 Å². The predicted octanol–water partition coefficient (Wildman–Crippen LogP) is 1.32. The van der Waals surface area contributed by atoms with Crippen LogP contribution in [0.3, 0.4) is 0 Å². The van der Waals surface area contributed by atoms with E-state index in [1.807, 2.05) is 0 Å². The second-order valence-corrected chi connectivity index (χ2v) is 7.15. The number of nitrogens with one attached hydrogen (secondary N) is 1. The molecule has 11 heteroatoms. The van der Waals surface area contributed by atoms with E-state index in [0.717, 1.165) is 11.0 Å². The van der Waals surface area contributed by atoms with E-state index in [2.05, 4.69) is 10.1 Å². The molecule has 0 aliphatic carbocycles. The highest BCUT2D eigenvalue weighted by molar-refractivity contribution is 6.21. The van der Waals surface area contributed by atoms with Crippen LogP contribution in [0.4, 0.5) is 10.5 Å². The number of benzene rings is 1. The number of hydrogen-bond acceptors (Lipinski definition) is 7. The fourth-order valence-corrected chi connectivity index (χ4v) is 3.63. The minimum absolute atomic E-state index is 0.0102. The van der Waals surface area contributed by atoms with Crippen molar-refractivity contribution in [3.8, 4) is 0 Å². The molecule has 11 nitrogen and oxygen atoms in total. The summed E-state index contributed by atoms with van der Waals surface area (Å²) in [6, 6.07) is 3.52. The first-order valence-electron chi connectivity index (χ1n) is 9.58. The number of nitro groups is 1. The Kier molecular flexibility index (Phi) is 6.28. The van der Waals surface area contributed by atoms with Crippen LogP contribution in [0.5, 0.6) is 0 Å². The van der Waals surface area contributed by atoms with Gasteiger partial charge in [0.15, 0.2) is 0 Å². The van der Waals surface area contributed by atoms with Gasteiger partial charge in [-0.15, -0.1) is 0 Å². The van der Waals surface area contributed by atoms with Crippen LogP contribution in [0.15, 0.2) is 18.2 Å². The van der Waals surface area contributed by atoms with Crippen LogP contribution in [0.1, 0.15) is 46.4 Å². The Bertz CT molecular complexity index is 893. The van der Waals surface area contributed by atoms with Crippen LogP contribution < -0.4 is 5.32 Å². The van der Waals surface area contributed by atoms with E-state index >= 15 is 0 Å². The zero-order valence-corrected chi connectivity index (χ0v) is 16.5. The summed E-state index contributed by atoms with van der Waals surface area (Å²) < 4.78 is 4.67. The number of non-ortho nitro benzene ring substituents is 1. The van der Waals surface area contributed by atoms with E-state index in [0.29, 0.717) is 25.9 Å². The quantitative estimate of drug-likeness (QED) is 0.417. The average Bonchev–Trinajstić information content (AvgIpc) is 2.98. The molecule has 1 fully saturated rings. The SMILES string of the molecule is COC(=O)N1CCC(NC(=O)CCCN2C(=O)c3ccc([N+](=O)[O-])cc3C2=O)CC1. The maximum absolute atomic E-state index is 12.4. The highest BCUT2D eigenvalue weighted by atomic mass is 16.6. The first-order valence-corrected chi connectivity index (χ1v) is 9.58. The summed E-state index contributed by atoms with van der Waals surface area (Å²) in [5, 5.41) is 13.8. The first-order chi connectivity index (χ1) is 14.3. The monoisotopic (exact) mass is 418 g/mol. The molecule has 2 aliphatic heterocycles. The van der Waals surface area contributed by atoms with Crippen LogP contribution >= 0.6 is 0 Å². The smallest absolute Gasteiger partial charge is 0.409 e. The molecule has 0 aromatic heterocycles. The molecule has 1 aromatic rings. The molecular weight excluding hydrogens is 396 g/mol. The Morgan fingerprint density at radius 3 is 2.50 bits per heavy atom. The largest absolute Gasteiger partial charge is 0.453 e. The van der Waals surface area contributed by atoms with Crippen molar-refractivity contribution in [2.24, 2.45) is 0 Å². The van der Waals surface area contributed by atoms with Gasteiger partial charge < -0.3 is 15.0 Å². The van der Waals surface area contributed by atoms with Crippen molar-refractivity contribution in [3.63, 3.8) is 0 Å². The van der Waals surface area contributed by atoms with Gasteiger partial charge in [0.1, 0.15) is 0 Å². The van der Waals surface area contributed by atoms with Gasteiger partial charge in [-0.05, 0) is 25.3 Å². The number of ether oxygens (including phenoxy) is 1. The third kappa shape index (κ3) is 4.39. The number of imide groups is 1. The van der Waals surface area contributed by atoms with Crippen molar-refractivity contribution in [1.82, 2.24) is 15.1 Å². The molecule has 3 rings (SSSR count). The van der Waals surface area contributed by atoms with E-state index in [-0.39, 0.29) is 54.2 Å². The third-order valence-corrected chi connectivity index (χ3v) is 5.24. The number of amides is 4. The van der Waals surface area contributed by atoms with Crippen LogP contribution in [-0.2, 0) is 9.53 Å². The molecule has 0 saturated carbocycles. The van der Waals surface area contributed by atoms with Gasteiger partial charge in [0.25, 0.3) is 17.5 Å². The number of carbonyl (C=O) groups excluding carboxylic acids is 4. The fraction of sp³-hybridized carbons (Fsp3) is 0.474. The molecule has 30 heavy (non-hydrogen) atoms. The molecule has 1 N–H and O–H groups in total. The Balaban J connectivity index is 1.46. The van der Waals surface area contributed by atoms with Crippen LogP contribution in [0.2, 0.25) is 0 Å². The minimum atomic E-state index is -0.624.